The molecule has 0 heterocycles. The zero-order valence-corrected chi connectivity index (χ0v) is 20.3. The van der Waals surface area contributed by atoms with Gasteiger partial charge < -0.3 is 35.6 Å². The molecular formula is C26H35N3O7. The molecule has 2 amide bonds. The molecule has 10 nitrogen and oxygen atoms in total. The first-order valence-electron chi connectivity index (χ1n) is 11.9. The lowest BCUT2D eigenvalue weighted by atomic mass is 10.1. The number of carboxylic acid groups (broad SMARTS) is 1. The number of hydrogen-bond acceptors (Lipinski definition) is 7. The summed E-state index contributed by atoms with van der Waals surface area (Å²) in [5.41, 5.74) is 7.22. The highest BCUT2D eigenvalue weighted by molar-refractivity contribution is 5.73. The Hall–Kier alpha value is -3.63. The zero-order valence-electron chi connectivity index (χ0n) is 20.3. The number of amides is 2. The van der Waals surface area contributed by atoms with Gasteiger partial charge in [-0.25, -0.2) is 9.59 Å². The van der Waals surface area contributed by atoms with Gasteiger partial charge in [-0.3, -0.25) is 4.79 Å². The van der Waals surface area contributed by atoms with E-state index in [0.29, 0.717) is 12.8 Å². The number of nitrogens with zero attached hydrogens (tertiary/aromatic N) is 1. The number of unbranched alkanes of at least 4 members (excludes halogenated alkanes) is 1. The smallest absolute Gasteiger partial charge is 0.410 e. The molecule has 0 fully saturated rings. The van der Waals surface area contributed by atoms with Crippen molar-refractivity contribution in [3.05, 3.63) is 71.8 Å². The van der Waals surface area contributed by atoms with Crippen LogP contribution in [0, 0.1) is 0 Å². The molecule has 0 spiro atoms. The minimum Gasteiger partial charge on any atom is -0.480 e. The predicted octanol–water partition coefficient (Wildman–Crippen LogP) is 2.88. The molecule has 2 rings (SSSR count). The van der Waals surface area contributed by atoms with E-state index in [-0.39, 0.29) is 45.7 Å². The number of ether oxygens (including phenoxy) is 2. The van der Waals surface area contributed by atoms with E-state index in [2.05, 4.69) is 5.32 Å². The molecule has 0 unspecified atom stereocenters. The Morgan fingerprint density at radius 1 is 0.889 bits per heavy atom. The lowest BCUT2D eigenvalue weighted by molar-refractivity contribution is -0.138. The van der Waals surface area contributed by atoms with Crippen molar-refractivity contribution >= 4 is 18.2 Å². The van der Waals surface area contributed by atoms with Gasteiger partial charge in [0.15, 0.2) is 0 Å². The summed E-state index contributed by atoms with van der Waals surface area (Å²) < 4.78 is 10.5. The quantitative estimate of drug-likeness (QED) is 0.272. The van der Waals surface area contributed by atoms with Crippen LogP contribution in [0.25, 0.3) is 0 Å². The summed E-state index contributed by atoms with van der Waals surface area (Å²) in [5, 5.41) is 21.9. The Kier molecular flexibility index (Phi) is 12.8. The highest BCUT2D eigenvalue weighted by Gasteiger charge is 2.20. The number of aliphatic hydroxyl groups is 1. The number of rotatable bonds is 15. The van der Waals surface area contributed by atoms with Crippen molar-refractivity contribution in [2.45, 2.75) is 51.0 Å². The van der Waals surface area contributed by atoms with E-state index in [9.17, 15) is 19.5 Å². The van der Waals surface area contributed by atoms with Gasteiger partial charge in [0.25, 0.3) is 0 Å². The van der Waals surface area contributed by atoms with Crippen LogP contribution < -0.4 is 11.1 Å². The van der Waals surface area contributed by atoms with Crippen LogP contribution in [-0.4, -0.2) is 65.0 Å². The van der Waals surface area contributed by atoms with Gasteiger partial charge in [-0.05, 0) is 36.8 Å². The summed E-state index contributed by atoms with van der Waals surface area (Å²) in [6, 6.07) is 17.5. The van der Waals surface area contributed by atoms with Crippen LogP contribution in [0.5, 0.6) is 0 Å². The van der Waals surface area contributed by atoms with Crippen molar-refractivity contribution in [1.29, 1.82) is 0 Å². The molecule has 36 heavy (non-hydrogen) atoms. The fourth-order valence-corrected chi connectivity index (χ4v) is 3.32. The van der Waals surface area contributed by atoms with E-state index in [4.69, 9.17) is 20.3 Å². The molecule has 0 aliphatic carbocycles. The molecule has 0 aliphatic heterocycles. The van der Waals surface area contributed by atoms with E-state index in [1.807, 2.05) is 60.7 Å². The molecule has 2 aromatic carbocycles. The first-order valence-corrected chi connectivity index (χ1v) is 11.9. The van der Waals surface area contributed by atoms with Crippen LogP contribution in [0.4, 0.5) is 9.59 Å². The van der Waals surface area contributed by atoms with Crippen molar-refractivity contribution < 1.29 is 34.1 Å². The number of aliphatic carboxylic acids is 1. The lowest BCUT2D eigenvalue weighted by Gasteiger charge is -2.25. The molecule has 5 N–H and O–H groups in total. The lowest BCUT2D eigenvalue weighted by Crippen LogP contribution is -2.40. The maximum Gasteiger partial charge on any atom is 0.410 e. The average Bonchev–Trinajstić information content (AvgIpc) is 2.88. The fourth-order valence-electron chi connectivity index (χ4n) is 3.32. The second kappa shape index (κ2) is 16.1. The number of nitrogens with two attached hydrogens (primary N) is 1. The number of aliphatic hydroxyl groups excluding tert-OH is 1. The highest BCUT2D eigenvalue weighted by Crippen LogP contribution is 2.08. The van der Waals surface area contributed by atoms with Crippen molar-refractivity contribution in [2.24, 2.45) is 5.73 Å². The zero-order chi connectivity index (χ0) is 26.2. The SMILES string of the molecule is N[C@@H](CCCCN(C[C@@H](O)CCNC(=O)OCc1ccccc1)C(=O)OCc1ccccc1)C(=O)O. The fraction of sp³-hybridized carbons (Fsp3) is 0.423. The van der Waals surface area contributed by atoms with Crippen LogP contribution >= 0.6 is 0 Å². The van der Waals surface area contributed by atoms with Crippen LogP contribution in [0.3, 0.4) is 0 Å². The molecule has 0 saturated carbocycles. The van der Waals surface area contributed by atoms with Crippen molar-refractivity contribution in [3.63, 3.8) is 0 Å². The second-order valence-corrected chi connectivity index (χ2v) is 8.36. The number of nitrogens with one attached hydrogen (secondary N) is 1. The van der Waals surface area contributed by atoms with E-state index >= 15 is 0 Å². The van der Waals surface area contributed by atoms with Crippen LogP contribution in [-0.2, 0) is 27.5 Å². The van der Waals surface area contributed by atoms with E-state index < -0.39 is 30.3 Å². The van der Waals surface area contributed by atoms with Crippen LogP contribution in [0.2, 0.25) is 0 Å². The van der Waals surface area contributed by atoms with E-state index in [0.717, 1.165) is 11.1 Å². The summed E-state index contributed by atoms with van der Waals surface area (Å²) in [5.74, 6) is -1.07. The number of carbonyl (C=O) groups is 3. The first kappa shape index (κ1) is 28.6. The number of alkyl carbamates (subject to hydrolysis) is 1. The summed E-state index contributed by atoms with van der Waals surface area (Å²) in [6.07, 6.45) is -0.619. The predicted molar refractivity (Wildman–Crippen MR) is 133 cm³/mol. The third kappa shape index (κ3) is 11.7. The number of carbonyl (C=O) groups excluding carboxylic acids is 2. The normalized spacial score (nSPS) is 12.3. The topological polar surface area (TPSA) is 151 Å². The third-order valence-electron chi connectivity index (χ3n) is 5.36. The van der Waals surface area contributed by atoms with Crippen molar-refractivity contribution in [2.75, 3.05) is 19.6 Å². The Bertz CT molecular complexity index is 928. The summed E-state index contributed by atoms with van der Waals surface area (Å²) in [4.78, 5) is 36.8. The molecule has 0 aliphatic rings. The molecule has 196 valence electrons. The van der Waals surface area contributed by atoms with Gasteiger partial charge in [-0.2, -0.15) is 0 Å². The molecule has 0 radical (unpaired) electrons. The maximum absolute atomic E-state index is 12.7. The van der Waals surface area contributed by atoms with Crippen LogP contribution in [0.15, 0.2) is 60.7 Å². The van der Waals surface area contributed by atoms with E-state index in [1.54, 1.807) is 0 Å². The first-order chi connectivity index (χ1) is 17.3. The molecular weight excluding hydrogens is 466 g/mol. The third-order valence-corrected chi connectivity index (χ3v) is 5.36. The van der Waals surface area contributed by atoms with Gasteiger partial charge in [0, 0.05) is 19.6 Å². The molecule has 0 bridgehead atoms. The van der Waals surface area contributed by atoms with Gasteiger partial charge >= 0.3 is 18.2 Å². The Morgan fingerprint density at radius 2 is 1.47 bits per heavy atom. The Balaban J connectivity index is 1.78. The second-order valence-electron chi connectivity index (χ2n) is 8.36. The summed E-state index contributed by atoms with van der Waals surface area (Å²) in [7, 11) is 0. The minimum absolute atomic E-state index is 0.000645. The standard InChI is InChI=1S/C26H35N3O7/c27-23(24(31)32)13-7-8-16-29(26(34)36-19-21-11-5-2-6-12-21)17-22(30)14-15-28-25(33)35-18-20-9-3-1-4-10-20/h1-6,9-12,22-23,30H,7-8,13-19,27H2,(H,28,33)(H,31,32)/t22-,23-/m0/s1. The summed E-state index contributed by atoms with van der Waals surface area (Å²) in [6.45, 7) is 0.658. The molecule has 10 heteroatoms. The van der Waals surface area contributed by atoms with E-state index in [1.165, 1.54) is 4.90 Å². The van der Waals surface area contributed by atoms with Gasteiger partial charge in [-0.1, -0.05) is 60.7 Å². The number of hydrogen-bond donors (Lipinski definition) is 4. The maximum atomic E-state index is 12.7. The van der Waals surface area contributed by atoms with Crippen molar-refractivity contribution in [1.82, 2.24) is 10.2 Å². The largest absolute Gasteiger partial charge is 0.480 e. The van der Waals surface area contributed by atoms with Gasteiger partial charge in [0.05, 0.1) is 6.10 Å². The monoisotopic (exact) mass is 501 g/mol. The van der Waals surface area contributed by atoms with Gasteiger partial charge in [0.2, 0.25) is 0 Å². The Morgan fingerprint density at radius 3 is 2.06 bits per heavy atom. The van der Waals surface area contributed by atoms with Crippen molar-refractivity contribution in [3.8, 4) is 0 Å². The summed E-state index contributed by atoms with van der Waals surface area (Å²) >= 11 is 0. The Labute approximate surface area is 211 Å². The number of carboxylic acids is 1. The molecule has 2 atom stereocenters. The van der Waals surface area contributed by atoms with Gasteiger partial charge in [0.1, 0.15) is 19.3 Å². The van der Waals surface area contributed by atoms with Crippen LogP contribution in [0.1, 0.15) is 36.8 Å². The molecule has 0 saturated heterocycles. The highest BCUT2D eigenvalue weighted by atomic mass is 16.6. The molecule has 0 aromatic heterocycles. The van der Waals surface area contributed by atoms with Gasteiger partial charge in [-0.15, -0.1) is 0 Å². The minimum atomic E-state index is -1.07. The number of benzene rings is 2. The molecule has 2 aromatic rings. The average molecular weight is 502 g/mol.